The highest BCUT2D eigenvalue weighted by Gasteiger charge is 2.30. The van der Waals surface area contributed by atoms with Gasteiger partial charge in [0.25, 0.3) is 0 Å². The summed E-state index contributed by atoms with van der Waals surface area (Å²) in [6.45, 7) is 5.66. The van der Waals surface area contributed by atoms with Crippen molar-refractivity contribution in [2.75, 3.05) is 31.8 Å². The number of hydrogen-bond acceptors (Lipinski definition) is 2. The fourth-order valence-corrected chi connectivity index (χ4v) is 2.79. The number of alkyl halides is 1. The van der Waals surface area contributed by atoms with Crippen molar-refractivity contribution in [3.63, 3.8) is 0 Å². The molecule has 0 radical (unpaired) electrons. The average Bonchev–Trinajstić information content (AvgIpc) is 2.26. The van der Waals surface area contributed by atoms with Crippen molar-refractivity contribution in [1.29, 1.82) is 0 Å². The fourth-order valence-electron chi connectivity index (χ4n) is 1.95. The topological polar surface area (TPSA) is 18.5 Å². The molecule has 1 heterocycles. The van der Waals surface area contributed by atoms with Crippen LogP contribution in [-0.2, 0) is 9.47 Å². The van der Waals surface area contributed by atoms with E-state index in [4.69, 9.17) is 9.47 Å². The Morgan fingerprint density at radius 2 is 2.07 bits per heavy atom. The van der Waals surface area contributed by atoms with Crippen LogP contribution in [0.5, 0.6) is 0 Å². The first-order valence-electron chi connectivity index (χ1n) is 5.54. The molecule has 0 aromatic carbocycles. The van der Waals surface area contributed by atoms with Gasteiger partial charge in [-0.1, -0.05) is 15.9 Å². The van der Waals surface area contributed by atoms with Crippen LogP contribution in [0, 0.1) is 5.41 Å². The van der Waals surface area contributed by atoms with Crippen LogP contribution in [0.15, 0.2) is 0 Å². The Bertz CT molecular complexity index is 144. The molecule has 0 spiro atoms. The van der Waals surface area contributed by atoms with Crippen LogP contribution in [0.1, 0.15) is 32.6 Å². The van der Waals surface area contributed by atoms with Crippen LogP contribution in [-0.4, -0.2) is 31.8 Å². The molecule has 0 aliphatic carbocycles. The molecule has 0 amide bonds. The van der Waals surface area contributed by atoms with Crippen molar-refractivity contribution in [2.24, 2.45) is 5.41 Å². The van der Waals surface area contributed by atoms with Gasteiger partial charge in [-0.3, -0.25) is 0 Å². The summed E-state index contributed by atoms with van der Waals surface area (Å²) in [7, 11) is 0. The molecule has 1 fully saturated rings. The standard InChI is InChI=1S/C11H21BrO2/c1-2-13-7-3-4-11(10-12)5-8-14-9-6-11/h2-10H2,1H3. The molecule has 1 aliphatic rings. The maximum absolute atomic E-state index is 5.40. The summed E-state index contributed by atoms with van der Waals surface area (Å²) in [6, 6.07) is 0. The summed E-state index contributed by atoms with van der Waals surface area (Å²) in [5, 5.41) is 1.11. The van der Waals surface area contributed by atoms with Crippen molar-refractivity contribution >= 4 is 15.9 Å². The van der Waals surface area contributed by atoms with E-state index in [0.717, 1.165) is 31.8 Å². The van der Waals surface area contributed by atoms with E-state index in [1.165, 1.54) is 25.7 Å². The molecule has 0 unspecified atom stereocenters. The van der Waals surface area contributed by atoms with Crippen molar-refractivity contribution < 1.29 is 9.47 Å². The van der Waals surface area contributed by atoms with Crippen molar-refractivity contribution in [2.45, 2.75) is 32.6 Å². The van der Waals surface area contributed by atoms with Crippen LogP contribution in [0.25, 0.3) is 0 Å². The summed E-state index contributed by atoms with van der Waals surface area (Å²) in [5.74, 6) is 0. The highest BCUT2D eigenvalue weighted by molar-refractivity contribution is 9.09. The summed E-state index contributed by atoms with van der Waals surface area (Å²) in [5.41, 5.74) is 0.481. The monoisotopic (exact) mass is 264 g/mol. The van der Waals surface area contributed by atoms with Gasteiger partial charge < -0.3 is 9.47 Å². The van der Waals surface area contributed by atoms with E-state index < -0.39 is 0 Å². The average molecular weight is 265 g/mol. The third-order valence-corrected chi connectivity index (χ3v) is 4.23. The van der Waals surface area contributed by atoms with Crippen LogP contribution in [0.2, 0.25) is 0 Å². The molecular formula is C11H21BrO2. The van der Waals surface area contributed by atoms with Crippen LogP contribution < -0.4 is 0 Å². The van der Waals surface area contributed by atoms with E-state index in [0.29, 0.717) is 5.41 Å². The summed E-state index contributed by atoms with van der Waals surface area (Å²) in [6.07, 6.45) is 4.84. The minimum Gasteiger partial charge on any atom is -0.382 e. The van der Waals surface area contributed by atoms with Crippen molar-refractivity contribution in [3.8, 4) is 0 Å². The third-order valence-electron chi connectivity index (χ3n) is 3.04. The van der Waals surface area contributed by atoms with Gasteiger partial charge >= 0.3 is 0 Å². The zero-order chi connectivity index (χ0) is 10.3. The van der Waals surface area contributed by atoms with Gasteiger partial charge in [-0.25, -0.2) is 0 Å². The highest BCUT2D eigenvalue weighted by Crippen LogP contribution is 2.36. The van der Waals surface area contributed by atoms with Crippen LogP contribution in [0.4, 0.5) is 0 Å². The lowest BCUT2D eigenvalue weighted by molar-refractivity contribution is 0.0174. The van der Waals surface area contributed by atoms with Gasteiger partial charge in [-0.15, -0.1) is 0 Å². The van der Waals surface area contributed by atoms with Gasteiger partial charge in [0.2, 0.25) is 0 Å². The molecule has 3 heteroatoms. The van der Waals surface area contributed by atoms with Gasteiger partial charge in [0.1, 0.15) is 0 Å². The second-order valence-electron chi connectivity index (χ2n) is 4.05. The maximum atomic E-state index is 5.40. The van der Waals surface area contributed by atoms with Crippen LogP contribution in [0.3, 0.4) is 0 Å². The Kier molecular flexibility index (Phi) is 6.06. The van der Waals surface area contributed by atoms with Gasteiger partial charge in [0.15, 0.2) is 0 Å². The van der Waals surface area contributed by atoms with E-state index in [9.17, 15) is 0 Å². The van der Waals surface area contributed by atoms with E-state index in [-0.39, 0.29) is 0 Å². The van der Waals surface area contributed by atoms with Gasteiger partial charge in [-0.2, -0.15) is 0 Å². The Balaban J connectivity index is 2.22. The number of ether oxygens (including phenoxy) is 2. The molecule has 0 aromatic rings. The Morgan fingerprint density at radius 1 is 1.36 bits per heavy atom. The number of hydrogen-bond donors (Lipinski definition) is 0. The Labute approximate surface area is 95.5 Å². The smallest absolute Gasteiger partial charge is 0.0471 e. The first kappa shape index (κ1) is 12.5. The Morgan fingerprint density at radius 3 is 2.64 bits per heavy atom. The van der Waals surface area contributed by atoms with Gasteiger partial charge in [0, 0.05) is 31.8 Å². The number of halogens is 1. The molecule has 1 aliphatic heterocycles. The van der Waals surface area contributed by atoms with E-state index in [1.807, 2.05) is 0 Å². The van der Waals surface area contributed by atoms with E-state index in [2.05, 4.69) is 22.9 Å². The maximum Gasteiger partial charge on any atom is 0.0471 e. The second kappa shape index (κ2) is 6.81. The first-order valence-corrected chi connectivity index (χ1v) is 6.66. The van der Waals surface area contributed by atoms with Crippen molar-refractivity contribution in [1.82, 2.24) is 0 Å². The third kappa shape index (κ3) is 3.87. The molecule has 14 heavy (non-hydrogen) atoms. The summed E-state index contributed by atoms with van der Waals surface area (Å²) < 4.78 is 10.8. The predicted octanol–water partition coefficient (Wildman–Crippen LogP) is 2.99. The lowest BCUT2D eigenvalue weighted by Gasteiger charge is -2.35. The lowest BCUT2D eigenvalue weighted by atomic mass is 9.78. The SMILES string of the molecule is CCOCCCC1(CBr)CCOCC1. The first-order chi connectivity index (χ1) is 6.83. The molecule has 0 atom stereocenters. The molecule has 0 aromatic heterocycles. The molecule has 0 N–H and O–H groups in total. The van der Waals surface area contributed by atoms with Gasteiger partial charge in [0.05, 0.1) is 0 Å². The van der Waals surface area contributed by atoms with Crippen LogP contribution >= 0.6 is 15.9 Å². The molecule has 1 rings (SSSR count). The largest absolute Gasteiger partial charge is 0.382 e. The van der Waals surface area contributed by atoms with Crippen molar-refractivity contribution in [3.05, 3.63) is 0 Å². The quantitative estimate of drug-likeness (QED) is 0.543. The zero-order valence-electron chi connectivity index (χ0n) is 9.06. The normalized spacial score (nSPS) is 21.0. The summed E-state index contributed by atoms with van der Waals surface area (Å²) in [4.78, 5) is 0. The zero-order valence-corrected chi connectivity index (χ0v) is 10.6. The van der Waals surface area contributed by atoms with E-state index in [1.54, 1.807) is 0 Å². The second-order valence-corrected chi connectivity index (χ2v) is 4.61. The molecule has 0 saturated carbocycles. The molecule has 0 bridgehead atoms. The molecular weight excluding hydrogens is 244 g/mol. The fraction of sp³-hybridized carbons (Fsp3) is 1.00. The minimum absolute atomic E-state index is 0.481. The molecule has 1 saturated heterocycles. The molecule has 2 nitrogen and oxygen atoms in total. The summed E-state index contributed by atoms with van der Waals surface area (Å²) >= 11 is 3.64. The lowest BCUT2D eigenvalue weighted by Crippen LogP contribution is -2.31. The highest BCUT2D eigenvalue weighted by atomic mass is 79.9. The molecule has 84 valence electrons. The Hall–Kier alpha value is 0.400. The number of rotatable bonds is 6. The predicted molar refractivity (Wildman–Crippen MR) is 62.0 cm³/mol. The minimum atomic E-state index is 0.481. The van der Waals surface area contributed by atoms with E-state index >= 15 is 0 Å². The van der Waals surface area contributed by atoms with Gasteiger partial charge in [-0.05, 0) is 38.0 Å².